The number of ether oxygens (including phenoxy) is 1. The van der Waals surface area contributed by atoms with Crippen LogP contribution in [0.15, 0.2) is 12.2 Å². The third-order valence-electron chi connectivity index (χ3n) is 2.19. The van der Waals surface area contributed by atoms with Crippen molar-refractivity contribution in [1.29, 1.82) is 0 Å². The van der Waals surface area contributed by atoms with Crippen molar-refractivity contribution in [2.75, 3.05) is 13.7 Å². The average molecular weight is 168 g/mol. The number of ketones is 1. The zero-order valence-electron chi connectivity index (χ0n) is 7.58. The Balaban J connectivity index is 2.26. The van der Waals surface area contributed by atoms with Gasteiger partial charge in [0.1, 0.15) is 5.78 Å². The van der Waals surface area contributed by atoms with E-state index >= 15 is 0 Å². The molecule has 0 aromatic rings. The number of hydrogen-bond donors (Lipinski definition) is 0. The van der Waals surface area contributed by atoms with Crippen molar-refractivity contribution in [2.45, 2.75) is 25.7 Å². The Kier molecular flexibility index (Phi) is 4.01. The lowest BCUT2D eigenvalue weighted by molar-refractivity contribution is -0.121. The van der Waals surface area contributed by atoms with Crippen molar-refractivity contribution in [2.24, 2.45) is 5.92 Å². The molecule has 68 valence electrons. The minimum atomic E-state index is 0.410. The lowest BCUT2D eigenvalue weighted by Crippen LogP contribution is -2.12. The van der Waals surface area contributed by atoms with Gasteiger partial charge in [0.25, 0.3) is 0 Å². The normalized spacial score (nSPS) is 25.1. The number of carbonyl (C=O) groups is 1. The van der Waals surface area contributed by atoms with Crippen molar-refractivity contribution >= 4 is 5.78 Å². The van der Waals surface area contributed by atoms with Crippen LogP contribution in [0.2, 0.25) is 0 Å². The summed E-state index contributed by atoms with van der Waals surface area (Å²) in [7, 11) is 1.68. The summed E-state index contributed by atoms with van der Waals surface area (Å²) in [5.74, 6) is 0.884. The van der Waals surface area contributed by atoms with Crippen LogP contribution in [0, 0.1) is 5.92 Å². The van der Waals surface area contributed by atoms with Gasteiger partial charge in [-0.15, -0.1) is 0 Å². The maximum absolute atomic E-state index is 11.0. The number of methoxy groups -OCH3 is 1. The number of rotatable bonds is 3. The Morgan fingerprint density at radius 2 is 2.50 bits per heavy atom. The molecule has 0 amide bonds. The molecule has 0 aromatic heterocycles. The monoisotopic (exact) mass is 168 g/mol. The third kappa shape index (κ3) is 3.18. The summed E-state index contributed by atoms with van der Waals surface area (Å²) in [4.78, 5) is 11.0. The first-order chi connectivity index (χ1) is 5.83. The van der Waals surface area contributed by atoms with Crippen molar-refractivity contribution in [3.63, 3.8) is 0 Å². The summed E-state index contributed by atoms with van der Waals surface area (Å²) >= 11 is 0. The molecule has 2 heteroatoms. The topological polar surface area (TPSA) is 26.3 Å². The van der Waals surface area contributed by atoms with Gasteiger partial charge in [-0.05, 0) is 18.8 Å². The van der Waals surface area contributed by atoms with Gasteiger partial charge in [-0.3, -0.25) is 4.79 Å². The van der Waals surface area contributed by atoms with Crippen LogP contribution in [-0.2, 0) is 9.53 Å². The lowest BCUT2D eigenvalue weighted by atomic mass is 9.88. The van der Waals surface area contributed by atoms with E-state index < -0.39 is 0 Å². The highest BCUT2D eigenvalue weighted by Crippen LogP contribution is 2.21. The Hall–Kier alpha value is -0.630. The van der Waals surface area contributed by atoms with E-state index in [1.54, 1.807) is 7.11 Å². The van der Waals surface area contributed by atoms with Crippen molar-refractivity contribution in [3.8, 4) is 0 Å². The fraction of sp³-hybridized carbons (Fsp3) is 0.700. The maximum atomic E-state index is 11.0. The highest BCUT2D eigenvalue weighted by atomic mass is 16.5. The van der Waals surface area contributed by atoms with Gasteiger partial charge >= 0.3 is 0 Å². The van der Waals surface area contributed by atoms with Gasteiger partial charge in [0.05, 0.1) is 6.61 Å². The van der Waals surface area contributed by atoms with E-state index in [1.165, 1.54) is 0 Å². The SMILES string of the molecule is COC/C=C/C1CCCC(=O)C1. The van der Waals surface area contributed by atoms with E-state index in [4.69, 9.17) is 4.74 Å². The van der Waals surface area contributed by atoms with E-state index in [0.717, 1.165) is 25.7 Å². The van der Waals surface area contributed by atoms with Gasteiger partial charge < -0.3 is 4.74 Å². The standard InChI is InChI=1S/C10H16O2/c1-12-7-3-5-9-4-2-6-10(11)8-9/h3,5,9H,2,4,6-8H2,1H3/b5-3+. The van der Waals surface area contributed by atoms with Crippen LogP contribution >= 0.6 is 0 Å². The zero-order chi connectivity index (χ0) is 8.81. The van der Waals surface area contributed by atoms with Gasteiger partial charge in [-0.25, -0.2) is 0 Å². The molecule has 0 bridgehead atoms. The molecule has 1 aliphatic carbocycles. The summed E-state index contributed by atoms with van der Waals surface area (Å²) < 4.78 is 4.89. The van der Waals surface area contributed by atoms with Gasteiger partial charge in [0, 0.05) is 20.0 Å². The second-order valence-electron chi connectivity index (χ2n) is 3.28. The summed E-state index contributed by atoms with van der Waals surface area (Å²) in [6.07, 6.45) is 7.85. The van der Waals surface area contributed by atoms with E-state index in [9.17, 15) is 4.79 Å². The summed E-state index contributed by atoms with van der Waals surface area (Å²) in [6.45, 7) is 0.657. The molecule has 0 radical (unpaired) electrons. The molecule has 1 rings (SSSR count). The van der Waals surface area contributed by atoms with Crippen LogP contribution < -0.4 is 0 Å². The third-order valence-corrected chi connectivity index (χ3v) is 2.19. The Morgan fingerprint density at radius 1 is 1.67 bits per heavy atom. The van der Waals surface area contributed by atoms with Crippen LogP contribution in [0.5, 0.6) is 0 Å². The number of hydrogen-bond acceptors (Lipinski definition) is 2. The summed E-state index contributed by atoms with van der Waals surface area (Å²) in [5.41, 5.74) is 0. The number of Topliss-reactive ketones (excluding diaryl/α,β-unsaturated/α-hetero) is 1. The first kappa shape index (κ1) is 9.46. The van der Waals surface area contributed by atoms with Crippen molar-refractivity contribution in [1.82, 2.24) is 0 Å². The van der Waals surface area contributed by atoms with Gasteiger partial charge in [0.2, 0.25) is 0 Å². The zero-order valence-corrected chi connectivity index (χ0v) is 7.58. The van der Waals surface area contributed by atoms with Gasteiger partial charge in [-0.2, -0.15) is 0 Å². The van der Waals surface area contributed by atoms with E-state index in [2.05, 4.69) is 6.08 Å². The van der Waals surface area contributed by atoms with Crippen LogP contribution in [0.1, 0.15) is 25.7 Å². The predicted octanol–water partition coefficient (Wildman–Crippen LogP) is 1.95. The average Bonchev–Trinajstić information content (AvgIpc) is 2.05. The smallest absolute Gasteiger partial charge is 0.133 e. The van der Waals surface area contributed by atoms with E-state index in [0.29, 0.717) is 18.3 Å². The fourth-order valence-corrected chi connectivity index (χ4v) is 1.57. The number of carbonyl (C=O) groups excluding carboxylic acids is 1. The lowest BCUT2D eigenvalue weighted by Gasteiger charge is -2.16. The van der Waals surface area contributed by atoms with Crippen molar-refractivity contribution < 1.29 is 9.53 Å². The predicted molar refractivity (Wildman–Crippen MR) is 48.0 cm³/mol. The number of allylic oxidation sites excluding steroid dienone is 1. The molecule has 0 aliphatic heterocycles. The molecule has 0 N–H and O–H groups in total. The molecule has 2 nitrogen and oxygen atoms in total. The molecule has 1 aliphatic rings. The Labute approximate surface area is 73.6 Å². The quantitative estimate of drug-likeness (QED) is 0.602. The summed E-state index contributed by atoms with van der Waals surface area (Å²) in [6, 6.07) is 0. The molecule has 12 heavy (non-hydrogen) atoms. The Bertz CT molecular complexity index is 173. The molecule has 0 spiro atoms. The minimum Gasteiger partial charge on any atom is -0.381 e. The van der Waals surface area contributed by atoms with Crippen LogP contribution in [-0.4, -0.2) is 19.5 Å². The van der Waals surface area contributed by atoms with Gasteiger partial charge in [-0.1, -0.05) is 12.2 Å². The second kappa shape index (κ2) is 5.09. The highest BCUT2D eigenvalue weighted by Gasteiger charge is 2.16. The second-order valence-corrected chi connectivity index (χ2v) is 3.28. The molecular formula is C10H16O2. The first-order valence-corrected chi connectivity index (χ1v) is 4.50. The largest absolute Gasteiger partial charge is 0.381 e. The van der Waals surface area contributed by atoms with Gasteiger partial charge in [0.15, 0.2) is 0 Å². The highest BCUT2D eigenvalue weighted by molar-refractivity contribution is 5.79. The molecule has 1 saturated carbocycles. The maximum Gasteiger partial charge on any atom is 0.133 e. The molecule has 0 aromatic carbocycles. The van der Waals surface area contributed by atoms with E-state index in [1.807, 2.05) is 6.08 Å². The molecule has 0 heterocycles. The fourth-order valence-electron chi connectivity index (χ4n) is 1.57. The molecule has 0 saturated heterocycles. The molecular weight excluding hydrogens is 152 g/mol. The Morgan fingerprint density at radius 3 is 3.17 bits per heavy atom. The van der Waals surface area contributed by atoms with Crippen LogP contribution in [0.4, 0.5) is 0 Å². The van der Waals surface area contributed by atoms with Crippen molar-refractivity contribution in [3.05, 3.63) is 12.2 Å². The molecule has 1 atom stereocenters. The van der Waals surface area contributed by atoms with Crippen LogP contribution in [0.25, 0.3) is 0 Å². The van der Waals surface area contributed by atoms with E-state index in [-0.39, 0.29) is 0 Å². The summed E-state index contributed by atoms with van der Waals surface area (Å²) in [5, 5.41) is 0. The molecule has 1 unspecified atom stereocenters. The first-order valence-electron chi connectivity index (χ1n) is 4.50. The minimum absolute atomic E-state index is 0.410. The van der Waals surface area contributed by atoms with Crippen LogP contribution in [0.3, 0.4) is 0 Å². The molecule has 1 fully saturated rings.